The van der Waals surface area contributed by atoms with Gasteiger partial charge in [-0.05, 0) is 24.1 Å². The monoisotopic (exact) mass is 218 g/mol. The first kappa shape index (κ1) is 11.1. The summed E-state index contributed by atoms with van der Waals surface area (Å²) in [7, 11) is -2.30. The first-order chi connectivity index (χ1) is 6.53. The van der Waals surface area contributed by atoms with Crippen LogP contribution in [-0.4, -0.2) is 21.3 Å². The molecular weight excluding hydrogens is 207 g/mol. The Labute approximate surface area is 82.6 Å². The molecule has 0 saturated heterocycles. The Kier molecular flexibility index (Phi) is 3.60. The van der Waals surface area contributed by atoms with Gasteiger partial charge in [0.1, 0.15) is 5.82 Å². The predicted molar refractivity (Wildman–Crippen MR) is 50.9 cm³/mol. The molecule has 3 nitrogen and oxygen atoms in total. The van der Waals surface area contributed by atoms with E-state index < -0.39 is 10.1 Å². The number of hydrogen-bond donors (Lipinski definition) is 0. The lowest BCUT2D eigenvalue weighted by atomic mass is 10.2. The minimum Gasteiger partial charge on any atom is -0.273 e. The Balaban J connectivity index is 2.59. The van der Waals surface area contributed by atoms with Gasteiger partial charge in [-0.2, -0.15) is 8.42 Å². The fraction of sp³-hybridized carbons (Fsp3) is 0.333. The molecule has 5 heteroatoms. The van der Waals surface area contributed by atoms with E-state index in [0.717, 1.165) is 12.7 Å². The van der Waals surface area contributed by atoms with E-state index in [-0.39, 0.29) is 11.6 Å². The number of rotatable bonds is 4. The largest absolute Gasteiger partial charge is 0.273 e. The van der Waals surface area contributed by atoms with E-state index in [0.29, 0.717) is 6.42 Å². The van der Waals surface area contributed by atoms with Gasteiger partial charge < -0.3 is 0 Å². The van der Waals surface area contributed by atoms with E-state index in [4.69, 9.17) is 0 Å². The summed E-state index contributed by atoms with van der Waals surface area (Å²) >= 11 is 0. The van der Waals surface area contributed by atoms with Crippen molar-refractivity contribution in [3.8, 4) is 0 Å². The Morgan fingerprint density at radius 3 is 2.36 bits per heavy atom. The zero-order valence-corrected chi connectivity index (χ0v) is 8.55. The fourth-order valence-electron chi connectivity index (χ4n) is 0.977. The van der Waals surface area contributed by atoms with Crippen LogP contribution < -0.4 is 0 Å². The van der Waals surface area contributed by atoms with Gasteiger partial charge >= 0.3 is 0 Å². The van der Waals surface area contributed by atoms with Crippen LogP contribution in [0.2, 0.25) is 0 Å². The third-order valence-electron chi connectivity index (χ3n) is 1.81. The highest BCUT2D eigenvalue weighted by atomic mass is 32.2. The Hall–Kier alpha value is -0.940. The topological polar surface area (TPSA) is 43.4 Å². The van der Waals surface area contributed by atoms with Gasteiger partial charge in [0.15, 0.2) is 0 Å². The molecule has 0 aliphatic carbocycles. The van der Waals surface area contributed by atoms with E-state index in [1.165, 1.54) is 12.1 Å². The lowest BCUT2D eigenvalue weighted by Gasteiger charge is -2.01. The maximum Gasteiger partial charge on any atom is 0.267 e. The molecule has 0 aliphatic heterocycles. The van der Waals surface area contributed by atoms with Gasteiger partial charge in [-0.1, -0.05) is 12.1 Å². The first-order valence-electron chi connectivity index (χ1n) is 4.06. The predicted octanol–water partition coefficient (Wildman–Crippen LogP) is 1.34. The molecule has 0 N–H and O–H groups in total. The van der Waals surface area contributed by atoms with E-state index >= 15 is 0 Å². The van der Waals surface area contributed by atoms with Gasteiger partial charge in [0.25, 0.3) is 10.1 Å². The van der Waals surface area contributed by atoms with E-state index in [2.05, 4.69) is 4.18 Å². The third-order valence-corrected chi connectivity index (χ3v) is 3.02. The second-order valence-corrected chi connectivity index (χ2v) is 4.66. The standard InChI is InChI=1S/C9H11FO3S/c1-13-14(11,12)7-6-8-2-4-9(10)5-3-8/h2-5H,6-7H2,1H3. The molecule has 78 valence electrons. The molecule has 0 bridgehead atoms. The molecule has 1 rings (SSSR count). The molecule has 0 atom stereocenters. The van der Waals surface area contributed by atoms with Crippen LogP contribution in [0.25, 0.3) is 0 Å². The average molecular weight is 218 g/mol. The lowest BCUT2D eigenvalue weighted by Crippen LogP contribution is -2.09. The van der Waals surface area contributed by atoms with Crippen LogP contribution in [0.15, 0.2) is 24.3 Å². The molecule has 0 saturated carbocycles. The smallest absolute Gasteiger partial charge is 0.267 e. The molecule has 0 spiro atoms. The second kappa shape index (κ2) is 4.52. The average Bonchev–Trinajstić information content (AvgIpc) is 2.17. The van der Waals surface area contributed by atoms with Gasteiger partial charge in [-0.25, -0.2) is 4.39 Å². The van der Waals surface area contributed by atoms with Gasteiger partial charge in [0, 0.05) is 0 Å². The van der Waals surface area contributed by atoms with Crippen molar-refractivity contribution in [1.29, 1.82) is 0 Å². The van der Waals surface area contributed by atoms with Crippen LogP contribution in [0.1, 0.15) is 5.56 Å². The van der Waals surface area contributed by atoms with Gasteiger partial charge in [-0.3, -0.25) is 4.18 Å². The second-order valence-electron chi connectivity index (χ2n) is 2.80. The molecule has 1 aromatic rings. The highest BCUT2D eigenvalue weighted by Gasteiger charge is 2.08. The molecule has 0 amide bonds. The van der Waals surface area contributed by atoms with Crippen molar-refractivity contribution < 1.29 is 17.0 Å². The Morgan fingerprint density at radius 2 is 1.86 bits per heavy atom. The number of halogens is 1. The molecule has 0 radical (unpaired) electrons. The Bertz CT molecular complexity index is 383. The maximum absolute atomic E-state index is 12.5. The molecule has 0 aromatic heterocycles. The van der Waals surface area contributed by atoms with Crippen LogP contribution in [0.3, 0.4) is 0 Å². The molecule has 0 fully saturated rings. The molecule has 14 heavy (non-hydrogen) atoms. The molecular formula is C9H11FO3S. The summed E-state index contributed by atoms with van der Waals surface area (Å²) in [6.07, 6.45) is 0.330. The zero-order valence-electron chi connectivity index (χ0n) is 7.73. The number of aryl methyl sites for hydroxylation is 1. The van der Waals surface area contributed by atoms with Crippen molar-refractivity contribution in [2.45, 2.75) is 6.42 Å². The summed E-state index contributed by atoms with van der Waals surface area (Å²) in [5.41, 5.74) is 0.770. The summed E-state index contributed by atoms with van der Waals surface area (Å²) in [5.74, 6) is -0.418. The van der Waals surface area contributed by atoms with Crippen molar-refractivity contribution in [3.63, 3.8) is 0 Å². The molecule has 0 aliphatic rings. The number of benzene rings is 1. The Morgan fingerprint density at radius 1 is 1.29 bits per heavy atom. The van der Waals surface area contributed by atoms with Crippen LogP contribution in [0.4, 0.5) is 4.39 Å². The van der Waals surface area contributed by atoms with E-state index in [9.17, 15) is 12.8 Å². The van der Waals surface area contributed by atoms with Crippen molar-refractivity contribution in [1.82, 2.24) is 0 Å². The first-order valence-corrected chi connectivity index (χ1v) is 5.64. The van der Waals surface area contributed by atoms with Crippen LogP contribution in [0.5, 0.6) is 0 Å². The summed E-state index contributed by atoms with van der Waals surface area (Å²) in [6.45, 7) is 0. The maximum atomic E-state index is 12.5. The summed E-state index contributed by atoms with van der Waals surface area (Å²) < 4.78 is 38.7. The van der Waals surface area contributed by atoms with Crippen LogP contribution >= 0.6 is 0 Å². The summed E-state index contributed by atoms with van der Waals surface area (Å²) in [4.78, 5) is 0. The normalized spacial score (nSPS) is 11.6. The number of hydrogen-bond acceptors (Lipinski definition) is 3. The fourth-order valence-corrected chi connectivity index (χ4v) is 1.63. The van der Waals surface area contributed by atoms with Crippen LogP contribution in [0, 0.1) is 5.82 Å². The van der Waals surface area contributed by atoms with E-state index in [1.807, 2.05) is 0 Å². The highest BCUT2D eigenvalue weighted by Crippen LogP contribution is 2.05. The quantitative estimate of drug-likeness (QED) is 0.716. The van der Waals surface area contributed by atoms with Crippen molar-refractivity contribution in [3.05, 3.63) is 35.6 Å². The van der Waals surface area contributed by atoms with Gasteiger partial charge in [0.05, 0.1) is 12.9 Å². The molecule has 0 heterocycles. The van der Waals surface area contributed by atoms with Gasteiger partial charge in [-0.15, -0.1) is 0 Å². The van der Waals surface area contributed by atoms with Crippen molar-refractivity contribution in [2.24, 2.45) is 0 Å². The van der Waals surface area contributed by atoms with E-state index in [1.54, 1.807) is 12.1 Å². The van der Waals surface area contributed by atoms with Crippen molar-refractivity contribution >= 4 is 10.1 Å². The lowest BCUT2D eigenvalue weighted by molar-refractivity contribution is 0.397. The molecule has 1 aromatic carbocycles. The summed E-state index contributed by atoms with van der Waals surface area (Å²) in [6, 6.07) is 5.71. The van der Waals surface area contributed by atoms with Crippen LogP contribution in [-0.2, 0) is 20.7 Å². The SMILES string of the molecule is COS(=O)(=O)CCc1ccc(F)cc1. The molecule has 0 unspecified atom stereocenters. The minimum absolute atomic E-state index is 0.0882. The van der Waals surface area contributed by atoms with Crippen molar-refractivity contribution in [2.75, 3.05) is 12.9 Å². The highest BCUT2D eigenvalue weighted by molar-refractivity contribution is 7.86. The zero-order chi connectivity index (χ0) is 10.6. The minimum atomic E-state index is -3.42. The van der Waals surface area contributed by atoms with Gasteiger partial charge in [0.2, 0.25) is 0 Å². The third kappa shape index (κ3) is 3.43. The summed E-state index contributed by atoms with van der Waals surface area (Å²) in [5, 5.41) is 0.